The lowest BCUT2D eigenvalue weighted by atomic mass is 9.81. The number of H-pyrrole nitrogens is 1. The molecule has 0 spiro atoms. The minimum absolute atomic E-state index is 0.0709. The molecule has 0 saturated carbocycles. The van der Waals surface area contributed by atoms with Crippen LogP contribution in [0.4, 0.5) is 10.1 Å². The van der Waals surface area contributed by atoms with Gasteiger partial charge in [0.15, 0.2) is 0 Å². The van der Waals surface area contributed by atoms with Crippen LogP contribution in [0.5, 0.6) is 0 Å². The highest BCUT2D eigenvalue weighted by Crippen LogP contribution is 2.41. The van der Waals surface area contributed by atoms with Gasteiger partial charge in [0.25, 0.3) is 5.91 Å². The van der Waals surface area contributed by atoms with Gasteiger partial charge in [-0.25, -0.2) is 9.18 Å². The van der Waals surface area contributed by atoms with Gasteiger partial charge in [0.05, 0.1) is 17.9 Å². The van der Waals surface area contributed by atoms with E-state index in [1.54, 1.807) is 6.92 Å². The molecule has 1 aliphatic rings. The molecule has 3 aromatic rings. The van der Waals surface area contributed by atoms with Crippen molar-refractivity contribution in [2.24, 2.45) is 5.92 Å². The molecule has 0 fully saturated rings. The number of halogens is 1. The predicted molar refractivity (Wildman–Crippen MR) is 141 cm³/mol. The molecule has 0 atom stereocenters. The summed E-state index contributed by atoms with van der Waals surface area (Å²) in [5, 5.41) is 3.80. The minimum atomic E-state index is -0.603. The molecular weight excluding hydrogens is 473 g/mol. The maximum atomic E-state index is 13.5. The molecule has 2 aromatic carbocycles. The molecule has 37 heavy (non-hydrogen) atoms. The number of esters is 1. The van der Waals surface area contributed by atoms with Gasteiger partial charge in [-0.05, 0) is 60.9 Å². The number of ether oxygens (including phenoxy) is 1. The first-order chi connectivity index (χ1) is 17.5. The van der Waals surface area contributed by atoms with Crippen molar-refractivity contribution >= 4 is 39.9 Å². The number of aromatic amines is 1. The van der Waals surface area contributed by atoms with Crippen molar-refractivity contribution in [2.45, 2.75) is 46.5 Å². The van der Waals surface area contributed by atoms with Gasteiger partial charge in [0, 0.05) is 46.7 Å². The monoisotopic (exact) mass is 505 g/mol. The van der Waals surface area contributed by atoms with Gasteiger partial charge in [-0.2, -0.15) is 0 Å². The summed E-state index contributed by atoms with van der Waals surface area (Å²) in [6.45, 7) is 10.1. The van der Waals surface area contributed by atoms with Gasteiger partial charge < -0.3 is 19.9 Å². The van der Waals surface area contributed by atoms with E-state index in [1.807, 2.05) is 45.9 Å². The number of carbonyl (C=O) groups excluding carboxylic acids is 3. The zero-order valence-corrected chi connectivity index (χ0v) is 21.8. The molecule has 4 rings (SSSR count). The number of benzene rings is 2. The molecule has 194 valence electrons. The van der Waals surface area contributed by atoms with Crippen LogP contribution in [0.2, 0.25) is 0 Å². The summed E-state index contributed by atoms with van der Waals surface area (Å²) in [7, 11) is 0. The highest BCUT2D eigenvalue weighted by molar-refractivity contribution is 6.18. The molecule has 0 radical (unpaired) electrons. The Morgan fingerprint density at radius 1 is 1.14 bits per heavy atom. The van der Waals surface area contributed by atoms with Crippen molar-refractivity contribution in [1.29, 1.82) is 0 Å². The van der Waals surface area contributed by atoms with E-state index in [4.69, 9.17) is 4.74 Å². The fraction of sp³-hybridized carbons (Fsp3) is 0.345. The number of amides is 2. The van der Waals surface area contributed by atoms with E-state index < -0.39 is 17.2 Å². The third-order valence-electron chi connectivity index (χ3n) is 6.32. The van der Waals surface area contributed by atoms with E-state index in [2.05, 4.69) is 10.3 Å². The Kier molecular flexibility index (Phi) is 7.21. The Labute approximate surface area is 215 Å². The summed E-state index contributed by atoms with van der Waals surface area (Å²) in [6, 6.07) is 10.9. The quantitative estimate of drug-likeness (QED) is 0.425. The maximum absolute atomic E-state index is 13.5. The van der Waals surface area contributed by atoms with Crippen molar-refractivity contribution in [1.82, 2.24) is 9.88 Å². The number of aromatic nitrogens is 1. The van der Waals surface area contributed by atoms with Crippen LogP contribution in [0.15, 0.2) is 48.7 Å². The lowest BCUT2D eigenvalue weighted by Crippen LogP contribution is -2.37. The molecule has 0 saturated heterocycles. The predicted octanol–water partition coefficient (Wildman–Crippen LogP) is 5.63. The van der Waals surface area contributed by atoms with E-state index in [-0.39, 0.29) is 36.5 Å². The molecule has 2 amide bonds. The van der Waals surface area contributed by atoms with E-state index in [1.165, 1.54) is 35.4 Å². The number of hydrogen-bond donors (Lipinski definition) is 2. The molecule has 0 bridgehead atoms. The highest BCUT2D eigenvalue weighted by Gasteiger charge is 2.37. The van der Waals surface area contributed by atoms with Crippen molar-refractivity contribution in [3.8, 4) is 0 Å². The Morgan fingerprint density at radius 2 is 1.84 bits per heavy atom. The summed E-state index contributed by atoms with van der Waals surface area (Å²) in [5.74, 6) is -1.19. The second kappa shape index (κ2) is 10.2. The molecule has 0 unspecified atom stereocenters. The van der Waals surface area contributed by atoms with E-state index in [0.29, 0.717) is 23.4 Å². The van der Waals surface area contributed by atoms with Gasteiger partial charge in [0.2, 0.25) is 5.91 Å². The Morgan fingerprint density at radius 3 is 2.49 bits per heavy atom. The van der Waals surface area contributed by atoms with Crippen LogP contribution in [0.1, 0.15) is 62.7 Å². The lowest BCUT2D eigenvalue weighted by Gasteiger charge is -2.29. The Hall–Kier alpha value is -3.94. The zero-order chi connectivity index (χ0) is 26.9. The van der Waals surface area contributed by atoms with E-state index >= 15 is 0 Å². The minimum Gasteiger partial charge on any atom is -0.462 e. The second-order valence-electron chi connectivity index (χ2n) is 10.4. The first-order valence-corrected chi connectivity index (χ1v) is 12.4. The molecule has 1 aromatic heterocycles. The number of hydrogen-bond acceptors (Lipinski definition) is 4. The first kappa shape index (κ1) is 26.1. The molecule has 1 aliphatic heterocycles. The molecule has 2 heterocycles. The molecular formula is C29H32FN3O4. The third kappa shape index (κ3) is 5.43. The number of carbonyl (C=O) groups is 3. The summed E-state index contributed by atoms with van der Waals surface area (Å²) >= 11 is 0. The van der Waals surface area contributed by atoms with E-state index in [9.17, 15) is 18.8 Å². The maximum Gasteiger partial charge on any atom is 0.341 e. The third-order valence-corrected chi connectivity index (χ3v) is 6.32. The summed E-state index contributed by atoms with van der Waals surface area (Å²) in [5.41, 5.74) is 2.79. The summed E-state index contributed by atoms with van der Waals surface area (Å²) in [4.78, 5) is 43.8. The SMILES string of the molecule is CCOC(=O)C1=CN(C(=O)c2ccc(F)cc2)CC(C)(C)c2c1[nH]c1ccc(NC(=O)CC(C)C)cc21. The van der Waals surface area contributed by atoms with Crippen molar-refractivity contribution < 1.29 is 23.5 Å². The van der Waals surface area contributed by atoms with Crippen LogP contribution in [-0.4, -0.2) is 40.8 Å². The molecule has 2 N–H and O–H groups in total. The van der Waals surface area contributed by atoms with Gasteiger partial charge in [-0.1, -0.05) is 27.7 Å². The van der Waals surface area contributed by atoms with Crippen LogP contribution >= 0.6 is 0 Å². The zero-order valence-electron chi connectivity index (χ0n) is 21.8. The number of fused-ring (bicyclic) bond motifs is 3. The van der Waals surface area contributed by atoms with Crippen LogP contribution in [-0.2, 0) is 19.7 Å². The Bertz CT molecular complexity index is 1390. The summed E-state index contributed by atoms with van der Waals surface area (Å²) < 4.78 is 18.8. The van der Waals surface area contributed by atoms with E-state index in [0.717, 1.165) is 16.5 Å². The van der Waals surface area contributed by atoms with Crippen LogP contribution in [0.3, 0.4) is 0 Å². The smallest absolute Gasteiger partial charge is 0.341 e. The normalized spacial score (nSPS) is 14.7. The highest BCUT2D eigenvalue weighted by atomic mass is 19.1. The van der Waals surface area contributed by atoms with Crippen molar-refractivity contribution in [3.05, 3.63) is 71.3 Å². The number of nitrogens with zero attached hydrogens (tertiary/aromatic N) is 1. The van der Waals surface area contributed by atoms with Crippen LogP contribution in [0, 0.1) is 11.7 Å². The number of nitrogens with one attached hydrogen (secondary N) is 2. The van der Waals surface area contributed by atoms with Gasteiger partial charge in [-0.15, -0.1) is 0 Å². The Balaban J connectivity index is 1.83. The standard InChI is InChI=1S/C29H32FN3O4/c1-6-37-28(36)22-15-33(27(35)18-7-9-19(30)10-8-18)16-29(4,5)25-21-14-20(31-24(34)13-17(2)3)11-12-23(21)32-26(22)25/h7-12,14-15,17,32H,6,13,16H2,1-5H3,(H,31,34). The average Bonchev–Trinajstić information content (AvgIpc) is 3.15. The van der Waals surface area contributed by atoms with Crippen molar-refractivity contribution in [3.63, 3.8) is 0 Å². The van der Waals surface area contributed by atoms with Gasteiger partial charge in [0.1, 0.15) is 5.82 Å². The molecule has 7 nitrogen and oxygen atoms in total. The molecule has 8 heteroatoms. The molecule has 0 aliphatic carbocycles. The topological polar surface area (TPSA) is 91.5 Å². The average molecular weight is 506 g/mol. The fourth-order valence-electron chi connectivity index (χ4n) is 4.78. The number of anilines is 1. The van der Waals surface area contributed by atoms with Crippen LogP contribution < -0.4 is 5.32 Å². The van der Waals surface area contributed by atoms with Crippen LogP contribution in [0.25, 0.3) is 16.5 Å². The largest absolute Gasteiger partial charge is 0.462 e. The van der Waals surface area contributed by atoms with Gasteiger partial charge in [-0.3, -0.25) is 9.59 Å². The lowest BCUT2D eigenvalue weighted by molar-refractivity contribution is -0.136. The first-order valence-electron chi connectivity index (χ1n) is 12.4. The van der Waals surface area contributed by atoms with Gasteiger partial charge >= 0.3 is 5.97 Å². The summed E-state index contributed by atoms with van der Waals surface area (Å²) in [6.07, 6.45) is 1.92. The number of rotatable bonds is 6. The fourth-order valence-corrected chi connectivity index (χ4v) is 4.78. The van der Waals surface area contributed by atoms with Crippen molar-refractivity contribution in [2.75, 3.05) is 18.5 Å². The second-order valence-corrected chi connectivity index (χ2v) is 10.4.